The summed E-state index contributed by atoms with van der Waals surface area (Å²) in [4.78, 5) is 16.0. The van der Waals surface area contributed by atoms with Crippen molar-refractivity contribution in [2.45, 2.75) is 18.9 Å². The summed E-state index contributed by atoms with van der Waals surface area (Å²) in [6.45, 7) is 0.0653. The molecule has 3 rings (SSSR count). The van der Waals surface area contributed by atoms with Crippen LogP contribution in [0.4, 0.5) is 0 Å². The van der Waals surface area contributed by atoms with E-state index in [1.165, 1.54) is 14.2 Å². The molecule has 0 amide bonds. The van der Waals surface area contributed by atoms with Crippen LogP contribution in [0.15, 0.2) is 9.63 Å². The van der Waals surface area contributed by atoms with E-state index in [9.17, 15) is 9.90 Å². The number of carboxylic acid groups (broad SMARTS) is 1. The summed E-state index contributed by atoms with van der Waals surface area (Å²) in [6.07, 6.45) is 0.0457. The average Bonchev–Trinajstić information content (AvgIpc) is 3.17. The molecule has 0 saturated carbocycles. The summed E-state index contributed by atoms with van der Waals surface area (Å²) in [7, 11) is 3.03. The van der Waals surface area contributed by atoms with Gasteiger partial charge < -0.3 is 33.7 Å². The number of hydrogen-bond acceptors (Lipinski definition) is 8. The lowest BCUT2D eigenvalue weighted by Crippen LogP contribution is -2.31. The van der Waals surface area contributed by atoms with Crippen LogP contribution in [0.25, 0.3) is 0 Å². The van der Waals surface area contributed by atoms with Crippen LogP contribution in [0.2, 0.25) is 0 Å². The maximum atomic E-state index is 10.8. The number of benzene rings is 1. The smallest absolute Gasteiger partial charge is 0.231 e. The van der Waals surface area contributed by atoms with Gasteiger partial charge in [-0.2, -0.15) is 0 Å². The number of carboxylic acids is 1. The predicted octanol–water partition coefficient (Wildman–Crippen LogP) is 0.632. The summed E-state index contributed by atoms with van der Waals surface area (Å²) in [5.41, 5.74) is 0.603. The van der Waals surface area contributed by atoms with Gasteiger partial charge in [-0.3, -0.25) is 0 Å². The molecule has 1 unspecified atom stereocenters. The molecule has 0 aromatic heterocycles. The standard InChI is InChI=1S/C14H14BrNO7/c1-19-10-7(3-6-4-8(14(17)18)16-23-6)9(15)11(20-2)13-12(10)21-5-22-13/h6H,3-5H2,1-2H3,(H,17,18)/p-1. The third-order valence-corrected chi connectivity index (χ3v) is 4.41. The molecule has 0 N–H and O–H groups in total. The van der Waals surface area contributed by atoms with Gasteiger partial charge in [0.25, 0.3) is 0 Å². The molecule has 0 saturated heterocycles. The van der Waals surface area contributed by atoms with E-state index in [4.69, 9.17) is 23.8 Å². The van der Waals surface area contributed by atoms with E-state index in [0.29, 0.717) is 39.5 Å². The van der Waals surface area contributed by atoms with Crippen molar-refractivity contribution in [2.24, 2.45) is 5.16 Å². The lowest BCUT2D eigenvalue weighted by molar-refractivity contribution is -0.294. The van der Waals surface area contributed by atoms with E-state index >= 15 is 0 Å². The molecule has 2 heterocycles. The Kier molecular flexibility index (Phi) is 4.20. The van der Waals surface area contributed by atoms with Gasteiger partial charge in [0, 0.05) is 18.4 Å². The van der Waals surface area contributed by atoms with Crippen LogP contribution >= 0.6 is 15.9 Å². The van der Waals surface area contributed by atoms with Gasteiger partial charge in [0.2, 0.25) is 18.3 Å². The van der Waals surface area contributed by atoms with Crippen LogP contribution in [-0.4, -0.2) is 38.8 Å². The van der Waals surface area contributed by atoms with Crippen LogP contribution in [0.5, 0.6) is 23.0 Å². The van der Waals surface area contributed by atoms with Gasteiger partial charge in [0.1, 0.15) is 11.8 Å². The SMILES string of the molecule is COc1c(Br)c(CC2CC(C(=O)[O-])=NO2)c(OC)c2c1OCO2. The molecule has 0 aliphatic carbocycles. The number of methoxy groups -OCH3 is 2. The first-order valence-electron chi connectivity index (χ1n) is 6.72. The fourth-order valence-corrected chi connectivity index (χ4v) is 3.24. The number of oxime groups is 1. The summed E-state index contributed by atoms with van der Waals surface area (Å²) >= 11 is 3.48. The van der Waals surface area contributed by atoms with Crippen molar-refractivity contribution in [1.29, 1.82) is 0 Å². The Labute approximate surface area is 140 Å². The number of carbonyl (C=O) groups excluding carboxylic acids is 1. The van der Waals surface area contributed by atoms with Crippen molar-refractivity contribution in [1.82, 2.24) is 0 Å². The van der Waals surface area contributed by atoms with Gasteiger partial charge >= 0.3 is 0 Å². The predicted molar refractivity (Wildman–Crippen MR) is 79.0 cm³/mol. The second kappa shape index (κ2) is 6.15. The zero-order chi connectivity index (χ0) is 16.6. The Morgan fingerprint density at radius 3 is 2.52 bits per heavy atom. The number of fused-ring (bicyclic) bond motifs is 1. The number of halogens is 1. The number of rotatable bonds is 5. The molecule has 2 aliphatic rings. The van der Waals surface area contributed by atoms with Gasteiger partial charge in [0.15, 0.2) is 11.5 Å². The first-order valence-corrected chi connectivity index (χ1v) is 7.52. The second-order valence-electron chi connectivity index (χ2n) is 4.88. The van der Waals surface area contributed by atoms with Gasteiger partial charge in [-0.1, -0.05) is 5.16 Å². The first-order chi connectivity index (χ1) is 11.1. The molecule has 0 fully saturated rings. The Hall–Kier alpha value is -2.16. The maximum absolute atomic E-state index is 10.8. The summed E-state index contributed by atoms with van der Waals surface area (Å²) in [5.74, 6) is 0.533. The topological polar surface area (TPSA) is 98.6 Å². The van der Waals surface area contributed by atoms with E-state index < -0.39 is 12.1 Å². The number of aliphatic carboxylic acids is 1. The second-order valence-corrected chi connectivity index (χ2v) is 5.68. The molecule has 0 bridgehead atoms. The molecular weight excluding hydrogens is 374 g/mol. The highest BCUT2D eigenvalue weighted by Crippen LogP contribution is 2.54. The molecule has 1 aromatic carbocycles. The van der Waals surface area contributed by atoms with Gasteiger partial charge in [-0.15, -0.1) is 0 Å². The van der Waals surface area contributed by atoms with Crippen molar-refractivity contribution in [3.8, 4) is 23.0 Å². The van der Waals surface area contributed by atoms with Crippen LogP contribution in [0.3, 0.4) is 0 Å². The first kappa shape index (κ1) is 15.7. The highest BCUT2D eigenvalue weighted by atomic mass is 79.9. The molecule has 1 aromatic rings. The molecule has 1 atom stereocenters. The molecule has 23 heavy (non-hydrogen) atoms. The highest BCUT2D eigenvalue weighted by Gasteiger charge is 2.33. The summed E-state index contributed by atoms with van der Waals surface area (Å²) in [5, 5.41) is 14.4. The van der Waals surface area contributed by atoms with Crippen LogP contribution in [0, 0.1) is 0 Å². The molecular formula is C14H13BrNO7-. The van der Waals surface area contributed by atoms with E-state index in [2.05, 4.69) is 21.1 Å². The van der Waals surface area contributed by atoms with Crippen LogP contribution in [0.1, 0.15) is 12.0 Å². The minimum absolute atomic E-state index is 0.0653. The Bertz CT molecular complexity index is 688. The third kappa shape index (κ3) is 2.65. The number of ether oxygens (including phenoxy) is 4. The number of nitrogens with zero attached hydrogens (tertiary/aromatic N) is 1. The molecule has 124 valence electrons. The molecule has 0 radical (unpaired) electrons. The average molecular weight is 387 g/mol. The number of carbonyl (C=O) groups is 1. The monoisotopic (exact) mass is 386 g/mol. The van der Waals surface area contributed by atoms with Crippen molar-refractivity contribution in [3.05, 3.63) is 10.0 Å². The fourth-order valence-electron chi connectivity index (χ4n) is 2.56. The summed E-state index contributed by atoms with van der Waals surface area (Å²) < 4.78 is 22.3. The lowest BCUT2D eigenvalue weighted by atomic mass is 10.0. The Morgan fingerprint density at radius 2 is 1.96 bits per heavy atom. The third-order valence-electron chi connectivity index (χ3n) is 3.57. The van der Waals surface area contributed by atoms with Crippen LogP contribution < -0.4 is 24.1 Å². The van der Waals surface area contributed by atoms with E-state index in [0.717, 1.165) is 0 Å². The Morgan fingerprint density at radius 1 is 1.30 bits per heavy atom. The normalized spacial score (nSPS) is 18.4. The Balaban J connectivity index is 1.95. The summed E-state index contributed by atoms with van der Waals surface area (Å²) in [6, 6.07) is 0. The fraction of sp³-hybridized carbons (Fsp3) is 0.429. The zero-order valence-corrected chi connectivity index (χ0v) is 14.0. The largest absolute Gasteiger partial charge is 0.543 e. The van der Waals surface area contributed by atoms with Gasteiger partial charge in [-0.25, -0.2) is 0 Å². The number of hydrogen-bond donors (Lipinski definition) is 0. The van der Waals surface area contributed by atoms with E-state index in [1.807, 2.05) is 0 Å². The van der Waals surface area contributed by atoms with Crippen LogP contribution in [-0.2, 0) is 16.1 Å². The van der Waals surface area contributed by atoms with Crippen molar-refractivity contribution in [3.63, 3.8) is 0 Å². The van der Waals surface area contributed by atoms with Crippen molar-refractivity contribution < 1.29 is 33.7 Å². The van der Waals surface area contributed by atoms with E-state index in [1.54, 1.807) is 0 Å². The molecule has 2 aliphatic heterocycles. The van der Waals surface area contributed by atoms with E-state index in [-0.39, 0.29) is 18.9 Å². The maximum Gasteiger partial charge on any atom is 0.231 e. The molecule has 8 nitrogen and oxygen atoms in total. The minimum Gasteiger partial charge on any atom is -0.543 e. The van der Waals surface area contributed by atoms with Crippen molar-refractivity contribution >= 4 is 27.6 Å². The quantitative estimate of drug-likeness (QED) is 0.731. The minimum atomic E-state index is -1.33. The van der Waals surface area contributed by atoms with Gasteiger partial charge in [0.05, 0.1) is 24.7 Å². The van der Waals surface area contributed by atoms with Gasteiger partial charge in [-0.05, 0) is 15.9 Å². The highest BCUT2D eigenvalue weighted by molar-refractivity contribution is 9.10. The molecule has 9 heteroatoms. The lowest BCUT2D eigenvalue weighted by Gasteiger charge is -2.18. The zero-order valence-electron chi connectivity index (χ0n) is 12.4. The van der Waals surface area contributed by atoms with Crippen molar-refractivity contribution in [2.75, 3.05) is 21.0 Å². The molecule has 0 spiro atoms.